The molecule has 2 rings (SSSR count). The Morgan fingerprint density at radius 3 is 2.12 bits per heavy atom. The van der Waals surface area contributed by atoms with Gasteiger partial charge in [0.2, 0.25) is 0 Å². The minimum atomic E-state index is -0.680. The van der Waals surface area contributed by atoms with Gasteiger partial charge in [0.05, 0.1) is 7.11 Å². The Kier molecular flexibility index (Phi) is 5.95. The van der Waals surface area contributed by atoms with Crippen molar-refractivity contribution < 1.29 is 14.3 Å². The van der Waals surface area contributed by atoms with E-state index in [1.165, 1.54) is 5.56 Å². The lowest BCUT2D eigenvalue weighted by Gasteiger charge is -2.09. The summed E-state index contributed by atoms with van der Waals surface area (Å²) < 4.78 is 5.07. The van der Waals surface area contributed by atoms with E-state index in [-0.39, 0.29) is 6.54 Å². The topological polar surface area (TPSA) is 67.4 Å². The molecule has 0 aliphatic carbocycles. The summed E-state index contributed by atoms with van der Waals surface area (Å²) in [6.45, 7) is 4.48. The molecular formula is C19H22N2O3. The van der Waals surface area contributed by atoms with Crippen LogP contribution in [0.15, 0.2) is 48.5 Å². The zero-order valence-corrected chi connectivity index (χ0v) is 14.1. The van der Waals surface area contributed by atoms with Gasteiger partial charge in [-0.15, -0.1) is 0 Å². The average Bonchev–Trinajstić information content (AvgIpc) is 2.60. The lowest BCUT2D eigenvalue weighted by atomic mass is 10.0. The molecule has 0 bridgehead atoms. The zero-order chi connectivity index (χ0) is 17.5. The van der Waals surface area contributed by atoms with E-state index < -0.39 is 11.8 Å². The molecule has 24 heavy (non-hydrogen) atoms. The lowest BCUT2D eigenvalue weighted by Crippen LogP contribution is -2.34. The molecule has 0 aliphatic heterocycles. The second kappa shape index (κ2) is 8.15. The van der Waals surface area contributed by atoms with Gasteiger partial charge in [-0.25, -0.2) is 0 Å². The first kappa shape index (κ1) is 17.5. The molecule has 0 heterocycles. The molecule has 5 heteroatoms. The number of methoxy groups -OCH3 is 1. The Labute approximate surface area is 142 Å². The van der Waals surface area contributed by atoms with Gasteiger partial charge >= 0.3 is 11.8 Å². The van der Waals surface area contributed by atoms with Crippen LogP contribution in [0.5, 0.6) is 5.75 Å². The number of amides is 2. The average molecular weight is 326 g/mol. The molecule has 5 nitrogen and oxygen atoms in total. The quantitative estimate of drug-likeness (QED) is 0.830. The first-order chi connectivity index (χ1) is 11.5. The molecule has 2 N–H and O–H groups in total. The minimum absolute atomic E-state index is 0.280. The highest BCUT2D eigenvalue weighted by molar-refractivity contribution is 6.39. The highest BCUT2D eigenvalue weighted by atomic mass is 16.5. The van der Waals surface area contributed by atoms with E-state index in [2.05, 4.69) is 24.5 Å². The van der Waals surface area contributed by atoms with E-state index in [1.807, 2.05) is 24.3 Å². The maximum atomic E-state index is 11.9. The van der Waals surface area contributed by atoms with Crippen molar-refractivity contribution >= 4 is 17.5 Å². The number of benzene rings is 2. The van der Waals surface area contributed by atoms with Crippen molar-refractivity contribution in [2.45, 2.75) is 26.3 Å². The van der Waals surface area contributed by atoms with Gasteiger partial charge in [-0.1, -0.05) is 38.1 Å². The maximum Gasteiger partial charge on any atom is 0.313 e. The van der Waals surface area contributed by atoms with Crippen molar-refractivity contribution in [1.29, 1.82) is 0 Å². The zero-order valence-electron chi connectivity index (χ0n) is 14.1. The van der Waals surface area contributed by atoms with Gasteiger partial charge in [0, 0.05) is 12.2 Å². The number of rotatable bonds is 5. The molecule has 0 aromatic heterocycles. The molecule has 2 amide bonds. The molecule has 0 spiro atoms. The smallest absolute Gasteiger partial charge is 0.313 e. The summed E-state index contributed by atoms with van der Waals surface area (Å²) in [6, 6.07) is 14.7. The summed E-state index contributed by atoms with van der Waals surface area (Å²) in [6.07, 6.45) is 0. The summed E-state index contributed by atoms with van der Waals surface area (Å²) in [4.78, 5) is 23.8. The van der Waals surface area contributed by atoms with Crippen LogP contribution in [0.25, 0.3) is 0 Å². The van der Waals surface area contributed by atoms with E-state index in [0.717, 1.165) is 11.3 Å². The summed E-state index contributed by atoms with van der Waals surface area (Å²) in [5.74, 6) is -0.185. The van der Waals surface area contributed by atoms with E-state index in [4.69, 9.17) is 4.74 Å². The number of ether oxygens (including phenoxy) is 1. The van der Waals surface area contributed by atoms with Gasteiger partial charge in [0.25, 0.3) is 0 Å². The van der Waals surface area contributed by atoms with Gasteiger partial charge in [-0.3, -0.25) is 9.59 Å². The molecule has 0 unspecified atom stereocenters. The molecule has 0 aliphatic rings. The van der Waals surface area contributed by atoms with Crippen molar-refractivity contribution in [3.05, 3.63) is 59.7 Å². The van der Waals surface area contributed by atoms with Gasteiger partial charge in [-0.2, -0.15) is 0 Å². The van der Waals surface area contributed by atoms with Gasteiger partial charge in [0.15, 0.2) is 0 Å². The molecule has 126 valence electrons. The van der Waals surface area contributed by atoms with Crippen LogP contribution < -0.4 is 15.4 Å². The fraction of sp³-hybridized carbons (Fsp3) is 0.263. The number of hydrogen-bond acceptors (Lipinski definition) is 3. The highest BCUT2D eigenvalue weighted by Gasteiger charge is 2.13. The molecule has 0 saturated carbocycles. The monoisotopic (exact) mass is 326 g/mol. The molecule has 0 saturated heterocycles. The molecule has 0 atom stereocenters. The number of carbonyl (C=O) groups is 2. The van der Waals surface area contributed by atoms with Gasteiger partial charge in [0.1, 0.15) is 5.75 Å². The first-order valence-corrected chi connectivity index (χ1v) is 7.81. The fourth-order valence-electron chi connectivity index (χ4n) is 2.15. The predicted molar refractivity (Wildman–Crippen MR) is 94.0 cm³/mol. The first-order valence-electron chi connectivity index (χ1n) is 7.81. The fourth-order valence-corrected chi connectivity index (χ4v) is 2.15. The normalized spacial score (nSPS) is 10.3. The molecule has 0 radical (unpaired) electrons. The van der Waals surface area contributed by atoms with Crippen LogP contribution >= 0.6 is 0 Å². The molecular weight excluding hydrogens is 304 g/mol. The second-order valence-electron chi connectivity index (χ2n) is 5.76. The lowest BCUT2D eigenvalue weighted by molar-refractivity contribution is -0.136. The predicted octanol–water partition coefficient (Wildman–Crippen LogP) is 3.07. The standard InChI is InChI=1S/C19H22N2O3/c1-13(2)15-6-8-16(9-7-15)21-19(23)18(22)20-12-14-4-10-17(24-3)11-5-14/h4-11,13H,12H2,1-3H3,(H,20,22)(H,21,23). The Balaban J connectivity index is 1.86. The van der Waals surface area contributed by atoms with Gasteiger partial charge < -0.3 is 15.4 Å². The molecule has 0 fully saturated rings. The Morgan fingerprint density at radius 1 is 0.958 bits per heavy atom. The van der Waals surface area contributed by atoms with E-state index in [9.17, 15) is 9.59 Å². The third-order valence-electron chi connectivity index (χ3n) is 3.65. The van der Waals surface area contributed by atoms with Crippen LogP contribution in [-0.4, -0.2) is 18.9 Å². The number of hydrogen-bond donors (Lipinski definition) is 2. The number of carbonyl (C=O) groups excluding carboxylic acids is 2. The van der Waals surface area contributed by atoms with Crippen molar-refractivity contribution in [3.63, 3.8) is 0 Å². The number of nitrogens with one attached hydrogen (secondary N) is 2. The van der Waals surface area contributed by atoms with Gasteiger partial charge in [-0.05, 0) is 41.3 Å². The Hall–Kier alpha value is -2.82. The van der Waals surface area contributed by atoms with Crippen LogP contribution in [0, 0.1) is 0 Å². The van der Waals surface area contributed by atoms with Crippen LogP contribution in [0.2, 0.25) is 0 Å². The van der Waals surface area contributed by atoms with Crippen molar-refractivity contribution in [3.8, 4) is 5.75 Å². The Bertz CT molecular complexity index is 692. The van der Waals surface area contributed by atoms with E-state index in [0.29, 0.717) is 11.6 Å². The third-order valence-corrected chi connectivity index (χ3v) is 3.65. The molecule has 2 aromatic rings. The van der Waals surface area contributed by atoms with Crippen LogP contribution in [0.4, 0.5) is 5.69 Å². The van der Waals surface area contributed by atoms with Crippen LogP contribution in [-0.2, 0) is 16.1 Å². The highest BCUT2D eigenvalue weighted by Crippen LogP contribution is 2.17. The summed E-state index contributed by atoms with van der Waals surface area (Å²) in [5.41, 5.74) is 2.67. The second-order valence-corrected chi connectivity index (χ2v) is 5.76. The largest absolute Gasteiger partial charge is 0.497 e. The maximum absolute atomic E-state index is 11.9. The third kappa shape index (κ3) is 4.84. The van der Waals surface area contributed by atoms with Crippen LogP contribution in [0.3, 0.4) is 0 Å². The van der Waals surface area contributed by atoms with Crippen LogP contribution in [0.1, 0.15) is 30.9 Å². The summed E-state index contributed by atoms with van der Waals surface area (Å²) in [7, 11) is 1.59. The Morgan fingerprint density at radius 2 is 1.58 bits per heavy atom. The SMILES string of the molecule is COc1ccc(CNC(=O)C(=O)Nc2ccc(C(C)C)cc2)cc1. The van der Waals surface area contributed by atoms with Crippen molar-refractivity contribution in [1.82, 2.24) is 5.32 Å². The number of anilines is 1. The molecule has 2 aromatic carbocycles. The minimum Gasteiger partial charge on any atom is -0.497 e. The van der Waals surface area contributed by atoms with Crippen molar-refractivity contribution in [2.24, 2.45) is 0 Å². The van der Waals surface area contributed by atoms with E-state index >= 15 is 0 Å². The summed E-state index contributed by atoms with van der Waals surface area (Å²) >= 11 is 0. The van der Waals surface area contributed by atoms with E-state index in [1.54, 1.807) is 31.4 Å². The summed E-state index contributed by atoms with van der Waals surface area (Å²) in [5, 5.41) is 5.19. The van der Waals surface area contributed by atoms with Crippen molar-refractivity contribution in [2.75, 3.05) is 12.4 Å².